The van der Waals surface area contributed by atoms with E-state index in [0.29, 0.717) is 0 Å². The lowest BCUT2D eigenvalue weighted by Crippen LogP contribution is -2.51. The van der Waals surface area contributed by atoms with Gasteiger partial charge in [-0.3, -0.25) is 9.59 Å². The normalized spacial score (nSPS) is 35.1. The van der Waals surface area contributed by atoms with Crippen molar-refractivity contribution in [2.75, 3.05) is 14.2 Å². The molecule has 1 saturated carbocycles. The van der Waals surface area contributed by atoms with E-state index in [0.717, 1.165) is 24.8 Å². The largest absolute Gasteiger partial charge is 0.469 e. The number of carbonyl (C=O) groups excluding carboxylic acids is 2. The minimum absolute atomic E-state index is 0.138. The molecule has 4 heteroatoms. The molecule has 0 saturated heterocycles. The SMILES string of the molecule is COC(=O)[C@H]1c2ccccc2[C@]2(C)CCC[C@@](C)(C(=O)OC)[C@@H]12. The van der Waals surface area contributed by atoms with E-state index in [1.807, 2.05) is 25.1 Å². The van der Waals surface area contributed by atoms with E-state index in [2.05, 4.69) is 13.0 Å². The van der Waals surface area contributed by atoms with Crippen LogP contribution in [0.5, 0.6) is 0 Å². The van der Waals surface area contributed by atoms with E-state index in [4.69, 9.17) is 9.47 Å². The highest BCUT2D eigenvalue weighted by molar-refractivity contribution is 5.85. The predicted molar refractivity (Wildman–Crippen MR) is 86.0 cm³/mol. The van der Waals surface area contributed by atoms with Gasteiger partial charge in [-0.2, -0.15) is 0 Å². The molecule has 3 rings (SSSR count). The Morgan fingerprint density at radius 1 is 1.09 bits per heavy atom. The summed E-state index contributed by atoms with van der Waals surface area (Å²) in [6.07, 6.45) is 2.65. The summed E-state index contributed by atoms with van der Waals surface area (Å²) >= 11 is 0. The lowest BCUT2D eigenvalue weighted by atomic mass is 9.54. The third-order valence-electron chi connectivity index (χ3n) is 6.12. The molecule has 23 heavy (non-hydrogen) atoms. The van der Waals surface area contributed by atoms with Crippen molar-refractivity contribution in [1.82, 2.24) is 0 Å². The summed E-state index contributed by atoms with van der Waals surface area (Å²) in [5.41, 5.74) is 1.29. The average Bonchev–Trinajstić information content (AvgIpc) is 2.84. The second kappa shape index (κ2) is 5.36. The van der Waals surface area contributed by atoms with Gasteiger partial charge < -0.3 is 9.47 Å². The number of hydrogen-bond donors (Lipinski definition) is 0. The van der Waals surface area contributed by atoms with Crippen LogP contribution in [0, 0.1) is 11.3 Å². The molecule has 0 spiro atoms. The number of fused-ring (bicyclic) bond motifs is 3. The first-order valence-corrected chi connectivity index (χ1v) is 8.16. The summed E-state index contributed by atoms with van der Waals surface area (Å²) in [6.45, 7) is 4.13. The Morgan fingerprint density at radius 2 is 1.78 bits per heavy atom. The summed E-state index contributed by atoms with van der Waals surface area (Å²) in [5.74, 6) is -1.04. The minimum atomic E-state index is -0.681. The molecule has 0 aromatic heterocycles. The summed E-state index contributed by atoms with van der Waals surface area (Å²) in [6, 6.07) is 8.04. The Bertz CT molecular complexity index is 653. The Balaban J connectivity index is 2.22. The van der Waals surface area contributed by atoms with Crippen LogP contribution in [0.15, 0.2) is 24.3 Å². The average molecular weight is 316 g/mol. The summed E-state index contributed by atoms with van der Waals surface area (Å²) in [4.78, 5) is 25.2. The standard InChI is InChI=1S/C19H24O4/c1-18-10-7-11-19(2,17(21)23-4)15(18)14(16(20)22-3)12-8-5-6-9-13(12)18/h5-6,8-9,14-15H,7,10-11H2,1-4H3/t14-,15-,18-,19+/m0/s1. The van der Waals surface area contributed by atoms with Gasteiger partial charge in [0.15, 0.2) is 0 Å². The van der Waals surface area contributed by atoms with E-state index in [9.17, 15) is 9.59 Å². The molecule has 1 fully saturated rings. The highest BCUT2D eigenvalue weighted by atomic mass is 16.5. The van der Waals surface area contributed by atoms with Gasteiger partial charge in [-0.15, -0.1) is 0 Å². The number of benzene rings is 1. The molecule has 0 aliphatic heterocycles. The lowest BCUT2D eigenvalue weighted by molar-refractivity contribution is -0.164. The van der Waals surface area contributed by atoms with E-state index in [1.165, 1.54) is 19.8 Å². The van der Waals surface area contributed by atoms with Gasteiger partial charge in [-0.25, -0.2) is 0 Å². The van der Waals surface area contributed by atoms with Crippen molar-refractivity contribution in [2.24, 2.45) is 11.3 Å². The van der Waals surface area contributed by atoms with E-state index < -0.39 is 11.3 Å². The molecule has 2 aliphatic rings. The molecule has 0 amide bonds. The number of ether oxygens (including phenoxy) is 2. The molecule has 1 aromatic carbocycles. The Morgan fingerprint density at radius 3 is 2.43 bits per heavy atom. The lowest BCUT2D eigenvalue weighted by Gasteiger charge is -2.48. The quantitative estimate of drug-likeness (QED) is 0.786. The van der Waals surface area contributed by atoms with Crippen LogP contribution in [0.2, 0.25) is 0 Å². The Labute approximate surface area is 137 Å². The maximum absolute atomic E-state index is 12.6. The Kier molecular flexibility index (Phi) is 3.74. The van der Waals surface area contributed by atoms with Crippen molar-refractivity contribution in [3.63, 3.8) is 0 Å². The monoisotopic (exact) mass is 316 g/mol. The molecule has 1 aromatic rings. The van der Waals surface area contributed by atoms with Crippen LogP contribution >= 0.6 is 0 Å². The van der Waals surface area contributed by atoms with Gasteiger partial charge in [0, 0.05) is 5.92 Å². The highest BCUT2D eigenvalue weighted by Crippen LogP contribution is 2.63. The van der Waals surface area contributed by atoms with Gasteiger partial charge in [0.1, 0.15) is 0 Å². The maximum atomic E-state index is 12.6. The van der Waals surface area contributed by atoms with E-state index in [-0.39, 0.29) is 23.3 Å². The van der Waals surface area contributed by atoms with E-state index >= 15 is 0 Å². The molecular formula is C19H24O4. The van der Waals surface area contributed by atoms with Gasteiger partial charge in [-0.05, 0) is 36.3 Å². The van der Waals surface area contributed by atoms with Crippen molar-refractivity contribution in [3.8, 4) is 0 Å². The molecule has 0 radical (unpaired) electrons. The molecule has 124 valence electrons. The zero-order valence-corrected chi connectivity index (χ0v) is 14.2. The molecule has 0 bridgehead atoms. The second-order valence-electron chi connectivity index (χ2n) is 7.25. The van der Waals surface area contributed by atoms with E-state index in [1.54, 1.807) is 0 Å². The molecule has 0 heterocycles. The topological polar surface area (TPSA) is 52.6 Å². The van der Waals surface area contributed by atoms with Gasteiger partial charge in [0.25, 0.3) is 0 Å². The molecular weight excluding hydrogens is 292 g/mol. The van der Waals surface area contributed by atoms with Crippen molar-refractivity contribution in [2.45, 2.75) is 44.4 Å². The molecule has 0 unspecified atom stereocenters. The number of rotatable bonds is 2. The van der Waals surface area contributed by atoms with Crippen LogP contribution in [0.4, 0.5) is 0 Å². The van der Waals surface area contributed by atoms with Crippen LogP contribution in [0.25, 0.3) is 0 Å². The fraction of sp³-hybridized carbons (Fsp3) is 0.579. The number of hydrogen-bond acceptors (Lipinski definition) is 4. The molecule has 2 aliphatic carbocycles. The first kappa shape index (κ1) is 16.0. The molecule has 4 nitrogen and oxygen atoms in total. The van der Waals surface area contributed by atoms with Crippen molar-refractivity contribution in [3.05, 3.63) is 35.4 Å². The first-order chi connectivity index (χ1) is 10.9. The summed E-state index contributed by atoms with van der Waals surface area (Å²) in [7, 11) is 2.84. The minimum Gasteiger partial charge on any atom is -0.469 e. The fourth-order valence-electron chi connectivity index (χ4n) is 5.19. The summed E-state index contributed by atoms with van der Waals surface area (Å²) < 4.78 is 10.2. The second-order valence-corrected chi connectivity index (χ2v) is 7.25. The predicted octanol–water partition coefficient (Wildman–Crippen LogP) is 3.19. The number of methoxy groups -OCH3 is 2. The van der Waals surface area contributed by atoms with Crippen molar-refractivity contribution >= 4 is 11.9 Å². The van der Waals surface area contributed by atoms with Crippen LogP contribution in [-0.2, 0) is 24.5 Å². The van der Waals surface area contributed by atoms with Crippen LogP contribution < -0.4 is 0 Å². The third kappa shape index (κ3) is 2.03. The highest BCUT2D eigenvalue weighted by Gasteiger charge is 2.63. The Hall–Kier alpha value is -1.84. The van der Waals surface area contributed by atoms with Crippen molar-refractivity contribution in [1.29, 1.82) is 0 Å². The zero-order valence-electron chi connectivity index (χ0n) is 14.2. The van der Waals surface area contributed by atoms with Gasteiger partial charge >= 0.3 is 11.9 Å². The van der Waals surface area contributed by atoms with Crippen LogP contribution in [0.1, 0.15) is 50.2 Å². The van der Waals surface area contributed by atoms with Crippen molar-refractivity contribution < 1.29 is 19.1 Å². The first-order valence-electron chi connectivity index (χ1n) is 8.16. The number of esters is 2. The molecule has 0 N–H and O–H groups in total. The van der Waals surface area contributed by atoms with Gasteiger partial charge in [-0.1, -0.05) is 37.6 Å². The van der Waals surface area contributed by atoms with Gasteiger partial charge in [0.2, 0.25) is 0 Å². The smallest absolute Gasteiger partial charge is 0.313 e. The third-order valence-corrected chi connectivity index (χ3v) is 6.12. The summed E-state index contributed by atoms with van der Waals surface area (Å²) in [5, 5.41) is 0. The molecule has 4 atom stereocenters. The van der Waals surface area contributed by atoms with Crippen LogP contribution in [0.3, 0.4) is 0 Å². The fourth-order valence-corrected chi connectivity index (χ4v) is 5.19. The maximum Gasteiger partial charge on any atom is 0.313 e. The van der Waals surface area contributed by atoms with Crippen LogP contribution in [-0.4, -0.2) is 26.2 Å². The zero-order chi connectivity index (χ0) is 16.8. The van der Waals surface area contributed by atoms with Gasteiger partial charge in [0.05, 0.1) is 25.6 Å². The number of carbonyl (C=O) groups is 2.